The van der Waals surface area contributed by atoms with Gasteiger partial charge in [-0.05, 0) is 56.4 Å². The van der Waals surface area contributed by atoms with E-state index >= 15 is 0 Å². The van der Waals surface area contributed by atoms with Gasteiger partial charge in [0.2, 0.25) is 0 Å². The first-order chi connectivity index (χ1) is 13.7. The van der Waals surface area contributed by atoms with E-state index in [0.29, 0.717) is 0 Å². The maximum atomic E-state index is 5.43. The Kier molecular flexibility index (Phi) is 5.39. The van der Waals surface area contributed by atoms with Crippen molar-refractivity contribution in [2.24, 2.45) is 4.99 Å². The second kappa shape index (κ2) is 8.10. The quantitative estimate of drug-likeness (QED) is 0.803. The fourth-order valence-corrected chi connectivity index (χ4v) is 3.80. The summed E-state index contributed by atoms with van der Waals surface area (Å²) in [5.41, 5.74) is 3.27. The average Bonchev–Trinajstić information content (AvgIpc) is 2.97. The number of methoxy groups -OCH3 is 2. The summed E-state index contributed by atoms with van der Waals surface area (Å²) in [7, 11) is 5.50. The summed E-state index contributed by atoms with van der Waals surface area (Å²) in [5.74, 6) is 2.42. The molecule has 1 fully saturated rings. The van der Waals surface area contributed by atoms with Crippen molar-refractivity contribution in [3.8, 4) is 11.5 Å². The molecule has 0 N–H and O–H groups in total. The van der Waals surface area contributed by atoms with Gasteiger partial charge in [-0.25, -0.2) is 4.99 Å². The van der Waals surface area contributed by atoms with Crippen molar-refractivity contribution in [1.29, 1.82) is 0 Å². The number of fused-ring (bicyclic) bond motifs is 1. The third kappa shape index (κ3) is 3.78. The SMILES string of the molecule is COc1ccc(C2=CCN3C=C(N4CCCN(C)CC4)C=CC3=N2)cc1OC. The highest BCUT2D eigenvalue weighted by molar-refractivity contribution is 6.00. The number of amidine groups is 1. The van der Waals surface area contributed by atoms with Crippen LogP contribution in [0.1, 0.15) is 12.0 Å². The van der Waals surface area contributed by atoms with Gasteiger partial charge in [0.1, 0.15) is 5.84 Å². The number of likely N-dealkylation sites (N-methyl/N-ethyl adjacent to an activating group) is 1. The van der Waals surface area contributed by atoms with Crippen LogP contribution in [-0.4, -0.2) is 74.5 Å². The van der Waals surface area contributed by atoms with Crippen molar-refractivity contribution in [2.75, 3.05) is 54.0 Å². The van der Waals surface area contributed by atoms with Crippen LogP contribution in [0.3, 0.4) is 0 Å². The molecular weight excluding hydrogens is 352 g/mol. The molecule has 0 amide bonds. The van der Waals surface area contributed by atoms with Crippen LogP contribution in [0.5, 0.6) is 11.5 Å². The van der Waals surface area contributed by atoms with Crippen LogP contribution < -0.4 is 9.47 Å². The van der Waals surface area contributed by atoms with E-state index in [2.05, 4.69) is 46.2 Å². The minimum atomic E-state index is 0.719. The number of hydrogen-bond acceptors (Lipinski definition) is 6. The number of ether oxygens (including phenoxy) is 2. The highest BCUT2D eigenvalue weighted by atomic mass is 16.5. The average molecular weight is 380 g/mol. The molecule has 6 heteroatoms. The van der Waals surface area contributed by atoms with Gasteiger partial charge in [0.25, 0.3) is 0 Å². The number of aliphatic imine (C=N–C) groups is 1. The van der Waals surface area contributed by atoms with Crippen LogP contribution in [0, 0.1) is 0 Å². The zero-order valence-corrected chi connectivity index (χ0v) is 16.9. The first kappa shape index (κ1) is 18.6. The smallest absolute Gasteiger partial charge is 0.161 e. The third-order valence-corrected chi connectivity index (χ3v) is 5.47. The predicted molar refractivity (Wildman–Crippen MR) is 113 cm³/mol. The molecule has 0 atom stereocenters. The second-order valence-corrected chi connectivity index (χ2v) is 7.31. The van der Waals surface area contributed by atoms with Crippen molar-refractivity contribution < 1.29 is 9.47 Å². The van der Waals surface area contributed by atoms with E-state index in [4.69, 9.17) is 14.5 Å². The Morgan fingerprint density at radius 1 is 0.964 bits per heavy atom. The zero-order valence-electron chi connectivity index (χ0n) is 16.9. The first-order valence-corrected chi connectivity index (χ1v) is 9.79. The molecule has 0 aliphatic carbocycles. The summed E-state index contributed by atoms with van der Waals surface area (Å²) >= 11 is 0. The van der Waals surface area contributed by atoms with Gasteiger partial charge in [-0.1, -0.05) is 0 Å². The monoisotopic (exact) mass is 380 g/mol. The molecule has 148 valence electrons. The largest absolute Gasteiger partial charge is 0.493 e. The van der Waals surface area contributed by atoms with Crippen molar-refractivity contribution >= 4 is 11.5 Å². The van der Waals surface area contributed by atoms with Crippen LogP contribution >= 0.6 is 0 Å². The number of rotatable bonds is 4. The summed E-state index contributed by atoms with van der Waals surface area (Å²) < 4.78 is 10.8. The summed E-state index contributed by atoms with van der Waals surface area (Å²) in [6, 6.07) is 5.92. The van der Waals surface area contributed by atoms with Gasteiger partial charge in [-0.3, -0.25) is 0 Å². The Hall–Kier alpha value is -2.73. The number of benzene rings is 1. The lowest BCUT2D eigenvalue weighted by Crippen LogP contribution is -2.34. The van der Waals surface area contributed by atoms with E-state index in [0.717, 1.165) is 54.8 Å². The van der Waals surface area contributed by atoms with Gasteiger partial charge < -0.3 is 24.2 Å². The van der Waals surface area contributed by atoms with Crippen molar-refractivity contribution in [2.45, 2.75) is 6.42 Å². The molecule has 0 radical (unpaired) electrons. The zero-order chi connectivity index (χ0) is 19.5. The van der Waals surface area contributed by atoms with E-state index in [9.17, 15) is 0 Å². The normalized spacial score (nSPS) is 20.0. The summed E-state index contributed by atoms with van der Waals surface area (Å²) in [6.45, 7) is 5.26. The van der Waals surface area contributed by atoms with Gasteiger partial charge in [0.05, 0.1) is 25.6 Å². The topological polar surface area (TPSA) is 40.5 Å². The highest BCUT2D eigenvalue weighted by Gasteiger charge is 2.21. The molecule has 6 nitrogen and oxygen atoms in total. The molecule has 4 rings (SSSR count). The van der Waals surface area contributed by atoms with Gasteiger partial charge in [-0.15, -0.1) is 0 Å². The molecule has 3 aliphatic rings. The number of nitrogens with zero attached hydrogens (tertiary/aromatic N) is 4. The van der Waals surface area contributed by atoms with Crippen LogP contribution in [0.4, 0.5) is 0 Å². The predicted octanol–water partition coefficient (Wildman–Crippen LogP) is 2.81. The molecule has 1 saturated heterocycles. The van der Waals surface area contributed by atoms with Gasteiger partial charge >= 0.3 is 0 Å². The van der Waals surface area contributed by atoms with Gasteiger partial charge in [-0.2, -0.15) is 0 Å². The summed E-state index contributed by atoms with van der Waals surface area (Å²) in [5, 5.41) is 0. The van der Waals surface area contributed by atoms with E-state index in [1.54, 1.807) is 14.2 Å². The molecule has 3 aliphatic heterocycles. The lowest BCUT2D eigenvalue weighted by Gasteiger charge is -2.32. The molecule has 1 aromatic rings. The molecule has 0 spiro atoms. The summed E-state index contributed by atoms with van der Waals surface area (Å²) in [4.78, 5) is 12.0. The van der Waals surface area contributed by atoms with Crippen molar-refractivity contribution in [1.82, 2.24) is 14.7 Å². The van der Waals surface area contributed by atoms with Crippen LogP contribution in [-0.2, 0) is 0 Å². The van der Waals surface area contributed by atoms with E-state index in [1.165, 1.54) is 18.7 Å². The molecule has 1 aromatic carbocycles. The van der Waals surface area contributed by atoms with Crippen LogP contribution in [0.15, 0.2) is 53.3 Å². The maximum Gasteiger partial charge on any atom is 0.161 e. The Balaban J connectivity index is 1.51. The van der Waals surface area contributed by atoms with Crippen molar-refractivity contribution in [3.63, 3.8) is 0 Å². The Bertz CT molecular complexity index is 856. The van der Waals surface area contributed by atoms with E-state index in [1.807, 2.05) is 18.2 Å². The first-order valence-electron chi connectivity index (χ1n) is 9.79. The molecule has 28 heavy (non-hydrogen) atoms. The van der Waals surface area contributed by atoms with Crippen LogP contribution in [0.25, 0.3) is 5.70 Å². The van der Waals surface area contributed by atoms with E-state index in [-0.39, 0.29) is 0 Å². The third-order valence-electron chi connectivity index (χ3n) is 5.47. The number of hydrogen-bond donors (Lipinski definition) is 0. The lowest BCUT2D eigenvalue weighted by atomic mass is 10.1. The lowest BCUT2D eigenvalue weighted by molar-refractivity contribution is 0.327. The van der Waals surface area contributed by atoms with E-state index < -0.39 is 0 Å². The Morgan fingerprint density at radius 3 is 2.64 bits per heavy atom. The minimum Gasteiger partial charge on any atom is -0.493 e. The minimum absolute atomic E-state index is 0.719. The number of allylic oxidation sites excluding steroid dienone is 1. The fraction of sp³-hybridized carbons (Fsp3) is 0.409. The molecule has 0 bridgehead atoms. The molecule has 3 heterocycles. The van der Waals surface area contributed by atoms with Crippen LogP contribution in [0.2, 0.25) is 0 Å². The maximum absolute atomic E-state index is 5.43. The van der Waals surface area contributed by atoms with Crippen molar-refractivity contribution in [3.05, 3.63) is 53.9 Å². The molecular formula is C22H28N4O2. The standard InChI is InChI=1S/C22H28N4O2/c1-24-10-4-11-25(14-13-24)18-6-8-22-23-19(9-12-26(22)16-18)17-5-7-20(27-2)21(15-17)28-3/h5-9,15-16H,4,10-14H2,1-3H3. The van der Waals surface area contributed by atoms with Gasteiger partial charge in [0.15, 0.2) is 11.5 Å². The fourth-order valence-electron chi connectivity index (χ4n) is 3.80. The highest BCUT2D eigenvalue weighted by Crippen LogP contribution is 2.32. The summed E-state index contributed by atoms with van der Waals surface area (Å²) in [6.07, 6.45) is 9.90. The van der Waals surface area contributed by atoms with Gasteiger partial charge in [0, 0.05) is 37.9 Å². The Morgan fingerprint density at radius 2 is 1.82 bits per heavy atom. The molecule has 0 unspecified atom stereocenters. The molecule has 0 saturated carbocycles. The molecule has 0 aromatic heterocycles. The second-order valence-electron chi connectivity index (χ2n) is 7.31. The Labute approximate surface area is 167 Å².